The molecule has 0 saturated carbocycles. The smallest absolute Gasteiger partial charge is 0.338 e. The molecule has 0 atom stereocenters. The minimum absolute atomic E-state index is 0.127. The summed E-state index contributed by atoms with van der Waals surface area (Å²) in [4.78, 5) is 15.0. The molecule has 0 amide bonds. The number of aromatic nitrogens is 1. The van der Waals surface area contributed by atoms with Crippen molar-refractivity contribution in [2.75, 3.05) is 13.2 Å². The van der Waals surface area contributed by atoms with E-state index in [-0.39, 0.29) is 11.7 Å². The fourth-order valence-corrected chi connectivity index (χ4v) is 1.54. The number of ether oxygens (including phenoxy) is 2. The van der Waals surface area contributed by atoms with E-state index in [4.69, 9.17) is 9.47 Å². The molecule has 0 aliphatic carbocycles. The lowest BCUT2D eigenvalue weighted by molar-refractivity contribution is -0.0159. The van der Waals surface area contributed by atoms with E-state index in [9.17, 15) is 9.18 Å². The van der Waals surface area contributed by atoms with Gasteiger partial charge in [-0.05, 0) is 6.07 Å². The molecule has 0 bridgehead atoms. The van der Waals surface area contributed by atoms with Gasteiger partial charge in [0.1, 0.15) is 6.10 Å². The molecule has 2 rings (SSSR count). The third kappa shape index (κ3) is 2.76. The van der Waals surface area contributed by atoms with Crippen LogP contribution in [0.3, 0.4) is 0 Å². The van der Waals surface area contributed by atoms with Gasteiger partial charge in [0.05, 0.1) is 18.8 Å². The molecule has 1 fully saturated rings. The van der Waals surface area contributed by atoms with Crippen LogP contribution in [0.15, 0.2) is 18.3 Å². The second-order valence-electron chi connectivity index (χ2n) is 3.58. The van der Waals surface area contributed by atoms with Gasteiger partial charge in [0.25, 0.3) is 0 Å². The van der Waals surface area contributed by atoms with Crippen LogP contribution in [0, 0.1) is 5.95 Å². The molecular formula is C11H12FNO3. The number of hydrogen-bond donors (Lipinski definition) is 0. The van der Waals surface area contributed by atoms with E-state index in [1.54, 1.807) is 0 Å². The molecule has 16 heavy (non-hydrogen) atoms. The molecule has 5 heteroatoms. The number of hydrogen-bond acceptors (Lipinski definition) is 4. The largest absolute Gasteiger partial charge is 0.459 e. The first-order valence-electron chi connectivity index (χ1n) is 5.16. The van der Waals surface area contributed by atoms with Crippen molar-refractivity contribution >= 4 is 5.97 Å². The molecule has 1 aliphatic rings. The van der Waals surface area contributed by atoms with Crippen molar-refractivity contribution in [3.8, 4) is 0 Å². The van der Waals surface area contributed by atoms with Crippen LogP contribution >= 0.6 is 0 Å². The monoisotopic (exact) mass is 225 g/mol. The third-order valence-corrected chi connectivity index (χ3v) is 2.40. The summed E-state index contributed by atoms with van der Waals surface area (Å²) in [6, 6.07) is 2.51. The van der Waals surface area contributed by atoms with Crippen molar-refractivity contribution in [2.45, 2.75) is 18.9 Å². The predicted octanol–water partition coefficient (Wildman–Crippen LogP) is 1.56. The van der Waals surface area contributed by atoms with E-state index >= 15 is 0 Å². The Balaban J connectivity index is 1.97. The normalized spacial score (nSPS) is 17.1. The van der Waals surface area contributed by atoms with Crippen molar-refractivity contribution in [2.24, 2.45) is 0 Å². The van der Waals surface area contributed by atoms with Crippen LogP contribution in [0.2, 0.25) is 0 Å². The molecule has 1 aliphatic heterocycles. The van der Waals surface area contributed by atoms with Gasteiger partial charge in [0, 0.05) is 25.1 Å². The van der Waals surface area contributed by atoms with E-state index in [1.807, 2.05) is 0 Å². The highest BCUT2D eigenvalue weighted by Gasteiger charge is 2.19. The van der Waals surface area contributed by atoms with Gasteiger partial charge >= 0.3 is 5.97 Å². The van der Waals surface area contributed by atoms with Crippen LogP contribution in [0.1, 0.15) is 23.2 Å². The lowest BCUT2D eigenvalue weighted by atomic mass is 10.1. The summed E-state index contributed by atoms with van der Waals surface area (Å²) in [6.07, 6.45) is 2.51. The van der Waals surface area contributed by atoms with E-state index < -0.39 is 11.9 Å². The van der Waals surface area contributed by atoms with Crippen LogP contribution in [-0.4, -0.2) is 30.3 Å². The maximum atomic E-state index is 12.8. The number of carbonyl (C=O) groups is 1. The highest BCUT2D eigenvalue weighted by molar-refractivity contribution is 5.89. The van der Waals surface area contributed by atoms with Crippen molar-refractivity contribution in [1.29, 1.82) is 0 Å². The molecule has 86 valence electrons. The number of esters is 1. The first-order chi connectivity index (χ1) is 7.75. The zero-order valence-corrected chi connectivity index (χ0v) is 8.69. The Bertz CT molecular complexity index is 377. The molecule has 4 nitrogen and oxygen atoms in total. The zero-order valence-electron chi connectivity index (χ0n) is 8.69. The summed E-state index contributed by atoms with van der Waals surface area (Å²) < 4.78 is 23.1. The average molecular weight is 225 g/mol. The first kappa shape index (κ1) is 11.0. The summed E-state index contributed by atoms with van der Waals surface area (Å²) in [5.74, 6) is -1.19. The summed E-state index contributed by atoms with van der Waals surface area (Å²) in [5.41, 5.74) is 0.194. The molecule has 0 radical (unpaired) electrons. The SMILES string of the molecule is O=C(OC1CCOCC1)c1ccnc(F)c1. The highest BCUT2D eigenvalue weighted by atomic mass is 19.1. The molecule has 1 aromatic rings. The summed E-state index contributed by atoms with van der Waals surface area (Å²) in [5, 5.41) is 0. The molecule has 0 spiro atoms. The fraction of sp³-hybridized carbons (Fsp3) is 0.455. The van der Waals surface area contributed by atoms with Gasteiger partial charge in [-0.2, -0.15) is 4.39 Å². The quantitative estimate of drug-likeness (QED) is 0.566. The van der Waals surface area contributed by atoms with E-state index in [0.717, 1.165) is 6.07 Å². The zero-order chi connectivity index (χ0) is 11.4. The number of pyridine rings is 1. The Labute approximate surface area is 92.4 Å². The summed E-state index contributed by atoms with van der Waals surface area (Å²) in [7, 11) is 0. The van der Waals surface area contributed by atoms with Gasteiger partial charge in [-0.25, -0.2) is 9.78 Å². The number of rotatable bonds is 2. The van der Waals surface area contributed by atoms with Crippen molar-refractivity contribution in [1.82, 2.24) is 4.98 Å². The van der Waals surface area contributed by atoms with Gasteiger partial charge in [-0.1, -0.05) is 0 Å². The van der Waals surface area contributed by atoms with Crippen molar-refractivity contribution in [3.63, 3.8) is 0 Å². The van der Waals surface area contributed by atoms with E-state index in [2.05, 4.69) is 4.98 Å². The molecular weight excluding hydrogens is 213 g/mol. The van der Waals surface area contributed by atoms with Gasteiger partial charge in [-0.3, -0.25) is 0 Å². The minimum Gasteiger partial charge on any atom is -0.459 e. The number of halogens is 1. The minimum atomic E-state index is -0.679. The van der Waals surface area contributed by atoms with Gasteiger partial charge < -0.3 is 9.47 Å². The van der Waals surface area contributed by atoms with Crippen LogP contribution in [-0.2, 0) is 9.47 Å². The Kier molecular flexibility index (Phi) is 3.46. The van der Waals surface area contributed by atoms with Gasteiger partial charge in [0.15, 0.2) is 0 Å². The standard InChI is InChI=1S/C11H12FNO3/c12-10-7-8(1-4-13-10)11(14)16-9-2-5-15-6-3-9/h1,4,7,9H,2-3,5-6H2. The predicted molar refractivity (Wildman–Crippen MR) is 53.5 cm³/mol. The average Bonchev–Trinajstić information content (AvgIpc) is 2.30. The number of carbonyl (C=O) groups excluding carboxylic acids is 1. The number of nitrogens with zero attached hydrogens (tertiary/aromatic N) is 1. The summed E-state index contributed by atoms with van der Waals surface area (Å²) in [6.45, 7) is 1.20. The summed E-state index contributed by atoms with van der Waals surface area (Å²) >= 11 is 0. The Hall–Kier alpha value is -1.49. The third-order valence-electron chi connectivity index (χ3n) is 2.40. The van der Waals surface area contributed by atoms with E-state index in [1.165, 1.54) is 12.3 Å². The van der Waals surface area contributed by atoms with Crippen molar-refractivity contribution in [3.05, 3.63) is 29.8 Å². The van der Waals surface area contributed by atoms with Crippen LogP contribution in [0.5, 0.6) is 0 Å². The highest BCUT2D eigenvalue weighted by Crippen LogP contribution is 2.13. The topological polar surface area (TPSA) is 48.4 Å². The Morgan fingerprint density at radius 2 is 2.25 bits per heavy atom. The van der Waals surface area contributed by atoms with Crippen LogP contribution in [0.25, 0.3) is 0 Å². The molecule has 1 aromatic heterocycles. The molecule has 0 N–H and O–H groups in total. The molecule has 0 aromatic carbocycles. The van der Waals surface area contributed by atoms with Gasteiger partial charge in [-0.15, -0.1) is 0 Å². The lowest BCUT2D eigenvalue weighted by Gasteiger charge is -2.22. The second-order valence-corrected chi connectivity index (χ2v) is 3.58. The Morgan fingerprint density at radius 3 is 2.94 bits per heavy atom. The van der Waals surface area contributed by atoms with Gasteiger partial charge in [0.2, 0.25) is 5.95 Å². The maximum Gasteiger partial charge on any atom is 0.338 e. The molecule has 0 unspecified atom stereocenters. The van der Waals surface area contributed by atoms with Crippen LogP contribution < -0.4 is 0 Å². The van der Waals surface area contributed by atoms with E-state index in [0.29, 0.717) is 26.1 Å². The Morgan fingerprint density at radius 1 is 1.50 bits per heavy atom. The van der Waals surface area contributed by atoms with Crippen LogP contribution in [0.4, 0.5) is 4.39 Å². The fourth-order valence-electron chi connectivity index (χ4n) is 1.54. The maximum absolute atomic E-state index is 12.8. The molecule has 1 saturated heterocycles. The molecule has 2 heterocycles. The first-order valence-corrected chi connectivity index (χ1v) is 5.16. The van der Waals surface area contributed by atoms with Crippen molar-refractivity contribution < 1.29 is 18.7 Å². The lowest BCUT2D eigenvalue weighted by Crippen LogP contribution is -2.26. The second kappa shape index (κ2) is 5.03.